The number of benzene rings is 3. The molecule has 0 heterocycles. The average Bonchev–Trinajstić information content (AvgIpc) is 2.96. The van der Waals surface area contributed by atoms with Gasteiger partial charge in [-0.2, -0.15) is 26.3 Å². The molecule has 4 aliphatic carbocycles. The molecule has 4 aliphatic rings. The molecule has 2 N–H and O–H groups in total. The van der Waals surface area contributed by atoms with Gasteiger partial charge in [-0.25, -0.2) is 9.18 Å². The lowest BCUT2D eigenvalue weighted by Gasteiger charge is -2.63. The summed E-state index contributed by atoms with van der Waals surface area (Å²) in [5.74, 6) is -2.86. The van der Waals surface area contributed by atoms with Crippen molar-refractivity contribution in [3.05, 3.63) is 77.1 Å². The quantitative estimate of drug-likeness (QED) is 0.232. The monoisotopic (exact) mass is 653 g/mol. The van der Waals surface area contributed by atoms with Crippen molar-refractivity contribution in [3.63, 3.8) is 0 Å². The number of carboxylic acids is 1. The Hall–Kier alpha value is -3.87. The summed E-state index contributed by atoms with van der Waals surface area (Å²) in [7, 11) is 0. The predicted molar refractivity (Wildman–Crippen MR) is 150 cm³/mol. The topological polar surface area (TPSA) is 84.9 Å². The van der Waals surface area contributed by atoms with Gasteiger partial charge in [-0.1, -0.05) is 18.2 Å². The fraction of sp³-hybridized carbons (Fsp3) is 0.455. The van der Waals surface area contributed by atoms with Crippen molar-refractivity contribution in [1.29, 1.82) is 0 Å². The third-order valence-electron chi connectivity index (χ3n) is 9.57. The van der Waals surface area contributed by atoms with Gasteiger partial charge in [0.2, 0.25) is 0 Å². The van der Waals surface area contributed by atoms with Gasteiger partial charge in [0.15, 0.2) is 0 Å². The van der Waals surface area contributed by atoms with Crippen LogP contribution in [-0.2, 0) is 22.3 Å². The van der Waals surface area contributed by atoms with Gasteiger partial charge < -0.3 is 19.9 Å². The highest BCUT2D eigenvalue weighted by Gasteiger charge is 2.63. The summed E-state index contributed by atoms with van der Waals surface area (Å²) in [6, 6.07) is 9.28. The molecule has 46 heavy (non-hydrogen) atoms. The van der Waals surface area contributed by atoms with Crippen LogP contribution in [0.2, 0.25) is 0 Å². The molecule has 0 radical (unpaired) electrons. The fourth-order valence-corrected chi connectivity index (χ4v) is 8.23. The Balaban J connectivity index is 1.29. The van der Waals surface area contributed by atoms with Crippen molar-refractivity contribution in [3.8, 4) is 5.75 Å². The summed E-state index contributed by atoms with van der Waals surface area (Å²) in [5.41, 5.74) is -2.78. The van der Waals surface area contributed by atoms with Crippen LogP contribution < -0.4 is 10.1 Å². The molecule has 2 unspecified atom stereocenters. The number of rotatable bonds is 9. The first-order valence-electron chi connectivity index (χ1n) is 14.8. The Morgan fingerprint density at radius 2 is 1.61 bits per heavy atom. The molecule has 1 amide bonds. The molecule has 0 aliphatic heterocycles. The number of carbonyl (C=O) groups excluding carboxylic acids is 1. The molecule has 4 bridgehead atoms. The smallest absolute Gasteiger partial charge is 0.416 e. The van der Waals surface area contributed by atoms with Gasteiger partial charge in [-0.3, -0.25) is 4.79 Å². The fourth-order valence-electron chi connectivity index (χ4n) is 8.23. The largest absolute Gasteiger partial charge is 0.487 e. The Morgan fingerprint density at radius 1 is 0.935 bits per heavy atom. The van der Waals surface area contributed by atoms with Crippen molar-refractivity contribution in [2.24, 2.45) is 17.3 Å². The third-order valence-corrected chi connectivity index (χ3v) is 9.57. The number of halogens is 7. The van der Waals surface area contributed by atoms with Gasteiger partial charge in [-0.05, 0) is 97.7 Å². The van der Waals surface area contributed by atoms with Gasteiger partial charge in [0.25, 0.3) is 5.91 Å². The van der Waals surface area contributed by atoms with E-state index in [0.29, 0.717) is 42.0 Å². The molecule has 3 aromatic carbocycles. The van der Waals surface area contributed by atoms with Crippen LogP contribution in [0.3, 0.4) is 0 Å². The van der Waals surface area contributed by atoms with E-state index in [-0.39, 0.29) is 36.2 Å². The van der Waals surface area contributed by atoms with Crippen LogP contribution in [0.15, 0.2) is 54.6 Å². The number of fused-ring (bicyclic) bond motifs is 1. The van der Waals surface area contributed by atoms with E-state index in [9.17, 15) is 45.4 Å². The Kier molecular flexibility index (Phi) is 7.97. The first kappa shape index (κ1) is 32.1. The van der Waals surface area contributed by atoms with E-state index in [1.807, 2.05) is 0 Å². The summed E-state index contributed by atoms with van der Waals surface area (Å²) in [6.07, 6.45) is -6.68. The number of carbonyl (C=O) groups is 2. The van der Waals surface area contributed by atoms with Gasteiger partial charge >= 0.3 is 18.3 Å². The van der Waals surface area contributed by atoms with Crippen molar-refractivity contribution in [1.82, 2.24) is 5.32 Å². The van der Waals surface area contributed by atoms with E-state index in [0.717, 1.165) is 24.6 Å². The zero-order valence-corrected chi connectivity index (χ0v) is 24.3. The van der Waals surface area contributed by atoms with Crippen molar-refractivity contribution >= 4 is 22.6 Å². The summed E-state index contributed by atoms with van der Waals surface area (Å²) >= 11 is 0. The zero-order chi connectivity index (χ0) is 33.1. The molecule has 0 aromatic heterocycles. The molecule has 246 valence electrons. The Labute approximate surface area is 258 Å². The normalized spacial score (nSPS) is 26.2. The highest BCUT2D eigenvalue weighted by atomic mass is 19.4. The zero-order valence-electron chi connectivity index (χ0n) is 24.3. The molecule has 13 heteroatoms. The number of nitrogens with one attached hydrogen (secondary N) is 1. The average molecular weight is 654 g/mol. The minimum atomic E-state index is -4.55. The van der Waals surface area contributed by atoms with Crippen molar-refractivity contribution in [2.75, 3.05) is 6.61 Å². The molecule has 0 saturated heterocycles. The van der Waals surface area contributed by atoms with E-state index in [1.54, 1.807) is 0 Å². The molecule has 5 atom stereocenters. The predicted octanol–water partition coefficient (Wildman–Crippen LogP) is 7.68. The number of ether oxygens (including phenoxy) is 2. The van der Waals surface area contributed by atoms with E-state index in [1.165, 1.54) is 36.4 Å². The second-order valence-corrected chi connectivity index (χ2v) is 12.9. The number of hydrogen-bond acceptors (Lipinski definition) is 4. The number of carboxylic acid groups (broad SMARTS) is 1. The van der Waals surface area contributed by atoms with Crippen molar-refractivity contribution < 1.29 is 54.9 Å². The lowest BCUT2D eigenvalue weighted by Crippen LogP contribution is -2.65. The van der Waals surface area contributed by atoms with Gasteiger partial charge in [-0.15, -0.1) is 0 Å². The maximum atomic E-state index is 14.0. The van der Waals surface area contributed by atoms with Gasteiger partial charge in [0, 0.05) is 10.8 Å². The first-order valence-corrected chi connectivity index (χ1v) is 14.8. The lowest BCUT2D eigenvalue weighted by molar-refractivity contribution is -0.252. The second-order valence-electron chi connectivity index (χ2n) is 12.9. The van der Waals surface area contributed by atoms with Crippen LogP contribution in [0.25, 0.3) is 10.8 Å². The number of alkyl halides is 6. The van der Waals surface area contributed by atoms with Gasteiger partial charge in [0.1, 0.15) is 30.8 Å². The van der Waals surface area contributed by atoms with E-state index in [4.69, 9.17) is 9.47 Å². The molecule has 4 fully saturated rings. The van der Waals surface area contributed by atoms with Crippen LogP contribution in [-0.4, -0.2) is 41.4 Å². The molecule has 0 spiro atoms. The second kappa shape index (κ2) is 11.4. The minimum absolute atomic E-state index is 0.0328. The van der Waals surface area contributed by atoms with Crippen molar-refractivity contribution in [2.45, 2.75) is 69.1 Å². The molecule has 7 rings (SSSR count). The summed E-state index contributed by atoms with van der Waals surface area (Å²) in [4.78, 5) is 26.6. The number of aliphatic carboxylic acids is 1. The lowest BCUT2D eigenvalue weighted by atomic mass is 9.46. The number of hydrogen-bond donors (Lipinski definition) is 2. The minimum Gasteiger partial charge on any atom is -0.487 e. The van der Waals surface area contributed by atoms with Crippen LogP contribution in [0.4, 0.5) is 30.7 Å². The summed E-state index contributed by atoms with van der Waals surface area (Å²) in [5, 5.41) is 13.7. The Bertz CT molecular complexity index is 1640. The van der Waals surface area contributed by atoms with Crippen LogP contribution in [0, 0.1) is 23.1 Å². The standard InChI is InChI=1S/C33H30F7NO5/c34-23-6-8-24-21(10-23)3-7-25(26(24)45-15-18-1-4-22(5-2-18)33(38,39)40)28(42)41-27(29(43)44)30-11-19-9-20(12-30)14-31(13-19,16-30)46-17-32(35,36)37/h1-8,10,19-20,27H,9,11-17H2,(H,41,42)(H,43,44)/t19-,20+,27-,30?,31?/m1/s1. The molecule has 4 saturated carbocycles. The molecule has 3 aromatic rings. The summed E-state index contributed by atoms with van der Waals surface area (Å²) in [6.45, 7) is -1.70. The molecular formula is C33H30F7NO5. The molecule has 6 nitrogen and oxygen atoms in total. The van der Waals surface area contributed by atoms with Crippen LogP contribution in [0.5, 0.6) is 5.75 Å². The highest BCUT2D eigenvalue weighted by molar-refractivity contribution is 6.05. The maximum Gasteiger partial charge on any atom is 0.416 e. The highest BCUT2D eigenvalue weighted by Crippen LogP contribution is 2.64. The number of amides is 1. The van der Waals surface area contributed by atoms with Gasteiger partial charge in [0.05, 0.1) is 16.7 Å². The molecular weight excluding hydrogens is 623 g/mol. The van der Waals surface area contributed by atoms with E-state index < -0.39 is 59.3 Å². The summed E-state index contributed by atoms with van der Waals surface area (Å²) < 4.78 is 104. The SMILES string of the molecule is O=C(N[C@H](C(=O)O)C12C[C@@H]3C[C@@H](CC(OCC(F)(F)F)(C3)C1)C2)c1ccc2cc(F)ccc2c1OCc1ccc(C(F)(F)F)cc1. The first-order chi connectivity index (χ1) is 21.5. The Morgan fingerprint density at radius 3 is 2.22 bits per heavy atom. The van der Waals surface area contributed by atoms with Crippen LogP contribution in [0.1, 0.15) is 60.0 Å². The third kappa shape index (κ3) is 6.38. The maximum absolute atomic E-state index is 14.0. The van der Waals surface area contributed by atoms with E-state index >= 15 is 0 Å². The van der Waals surface area contributed by atoms with Crippen LogP contribution >= 0.6 is 0 Å². The van der Waals surface area contributed by atoms with E-state index in [2.05, 4.69) is 5.32 Å².